The molecule has 0 N–H and O–H groups in total. The zero-order valence-electron chi connectivity index (χ0n) is 14.3. The lowest BCUT2D eigenvalue weighted by Crippen LogP contribution is -2.18. The van der Waals surface area contributed by atoms with Crippen LogP contribution in [-0.4, -0.2) is 13.5 Å². The van der Waals surface area contributed by atoms with Gasteiger partial charge in [0, 0.05) is 40.0 Å². The molecule has 0 saturated carbocycles. The van der Waals surface area contributed by atoms with E-state index in [2.05, 4.69) is 36.2 Å². The number of anilines is 2. The van der Waals surface area contributed by atoms with Crippen molar-refractivity contribution in [2.75, 3.05) is 11.9 Å². The molecule has 4 rings (SSSR count). The molecule has 0 radical (unpaired) electrons. The molecule has 0 atom stereocenters. The van der Waals surface area contributed by atoms with Crippen LogP contribution in [-0.2, 0) is 9.53 Å². The number of fused-ring (bicyclic) bond motifs is 2. The second-order valence-corrected chi connectivity index (χ2v) is 6.93. The predicted octanol–water partition coefficient (Wildman–Crippen LogP) is 5.45. The van der Waals surface area contributed by atoms with Gasteiger partial charge in [-0.2, -0.15) is 0 Å². The summed E-state index contributed by atoms with van der Waals surface area (Å²) in [6, 6.07) is 26.3. The van der Waals surface area contributed by atoms with Gasteiger partial charge in [-0.1, -0.05) is 66.4 Å². The molecule has 1 heterocycles. The number of rotatable bonds is 4. The third-order valence-corrected chi connectivity index (χ3v) is 5.38. The Bertz CT molecular complexity index is 933. The van der Waals surface area contributed by atoms with E-state index in [4.69, 9.17) is 4.74 Å². The summed E-state index contributed by atoms with van der Waals surface area (Å²) < 4.78 is 5.48. The Morgan fingerprint density at radius 3 is 1.96 bits per heavy atom. The van der Waals surface area contributed by atoms with E-state index in [1.807, 2.05) is 54.6 Å². The Hall–Kier alpha value is -2.98. The summed E-state index contributed by atoms with van der Waals surface area (Å²) in [6.45, 7) is 0.502. The zero-order valence-corrected chi connectivity index (χ0v) is 15.1. The van der Waals surface area contributed by atoms with Crippen molar-refractivity contribution in [1.82, 2.24) is 0 Å². The molecule has 26 heavy (non-hydrogen) atoms. The Morgan fingerprint density at radius 1 is 0.846 bits per heavy atom. The Kier molecular flexibility index (Phi) is 4.50. The number of nitrogens with zero attached hydrogens (tertiary/aromatic N) is 1. The lowest BCUT2D eigenvalue weighted by molar-refractivity contribution is -0.124. The number of ether oxygens (including phenoxy) is 1. The van der Waals surface area contributed by atoms with Gasteiger partial charge in [0.05, 0.1) is 0 Å². The zero-order chi connectivity index (χ0) is 17.9. The van der Waals surface area contributed by atoms with Crippen LogP contribution in [0.3, 0.4) is 0 Å². The summed E-state index contributed by atoms with van der Waals surface area (Å²) in [5.74, 6) is 0. The van der Waals surface area contributed by atoms with E-state index >= 15 is 0 Å². The molecule has 0 amide bonds. The fourth-order valence-electron chi connectivity index (χ4n) is 3.22. The van der Waals surface area contributed by atoms with E-state index in [0.29, 0.717) is 11.6 Å². The summed E-state index contributed by atoms with van der Waals surface area (Å²) in [6.07, 6.45) is 0. The van der Waals surface area contributed by atoms with E-state index in [-0.39, 0.29) is 0 Å². The average molecular weight is 359 g/mol. The van der Waals surface area contributed by atoms with Gasteiger partial charge in [-0.15, -0.1) is 0 Å². The minimum Gasteiger partial charge on any atom is -0.421 e. The second-order valence-electron chi connectivity index (χ2n) is 5.88. The van der Waals surface area contributed by atoms with Crippen LogP contribution in [0.2, 0.25) is 0 Å². The maximum absolute atomic E-state index is 11.3. The highest BCUT2D eigenvalue weighted by molar-refractivity contribution is 8.03. The molecule has 3 aromatic rings. The molecule has 0 bridgehead atoms. The van der Waals surface area contributed by atoms with Crippen LogP contribution < -0.4 is 4.90 Å². The second kappa shape index (κ2) is 7.10. The molecule has 3 nitrogen and oxygen atoms in total. The fourth-order valence-corrected chi connectivity index (χ4v) is 4.14. The predicted molar refractivity (Wildman–Crippen MR) is 106 cm³/mol. The molecule has 0 aliphatic carbocycles. The minimum absolute atomic E-state index is 0.502. The van der Waals surface area contributed by atoms with Gasteiger partial charge in [0.2, 0.25) is 0 Å². The normalized spacial score (nSPS) is 12.2. The number of para-hydroxylation sites is 2. The first kappa shape index (κ1) is 16.5. The summed E-state index contributed by atoms with van der Waals surface area (Å²) in [5.41, 5.74) is 5.21. The van der Waals surface area contributed by atoms with Crippen LogP contribution in [0.25, 0.3) is 5.57 Å². The maximum atomic E-state index is 11.3. The molecule has 0 aromatic heterocycles. The van der Waals surface area contributed by atoms with Gasteiger partial charge >= 0.3 is 0 Å². The molecular formula is C22H17NO2S. The van der Waals surface area contributed by atoms with E-state index in [1.54, 1.807) is 0 Å². The molecule has 3 aromatic carbocycles. The smallest absolute Gasteiger partial charge is 0.299 e. The number of carbonyl (C=O) groups is 1. The molecule has 0 spiro atoms. The Balaban J connectivity index is 1.96. The molecule has 128 valence electrons. The highest BCUT2D eigenvalue weighted by Gasteiger charge is 2.27. The van der Waals surface area contributed by atoms with E-state index < -0.39 is 0 Å². The fraction of sp³-hybridized carbons (Fsp3) is 0.0455. The van der Waals surface area contributed by atoms with Crippen molar-refractivity contribution in [3.63, 3.8) is 0 Å². The van der Waals surface area contributed by atoms with Gasteiger partial charge < -0.3 is 9.64 Å². The topological polar surface area (TPSA) is 29.5 Å². The van der Waals surface area contributed by atoms with Crippen molar-refractivity contribution in [3.05, 3.63) is 95.1 Å². The monoisotopic (exact) mass is 359 g/mol. The summed E-state index contributed by atoms with van der Waals surface area (Å²) in [5, 5.41) is 0.583. The molecule has 1 aliphatic rings. The van der Waals surface area contributed by atoms with Crippen LogP contribution in [0.1, 0.15) is 11.1 Å². The molecule has 0 unspecified atom stereocenters. The van der Waals surface area contributed by atoms with Crippen molar-refractivity contribution < 1.29 is 9.53 Å². The molecule has 0 saturated heterocycles. The first-order valence-corrected chi connectivity index (χ1v) is 9.11. The van der Waals surface area contributed by atoms with Crippen molar-refractivity contribution in [3.8, 4) is 0 Å². The SMILES string of the molecule is CN1c2ccccc2C(=C(OC=O)Sc2ccccc2)c2ccccc21. The highest BCUT2D eigenvalue weighted by atomic mass is 32.2. The first-order valence-electron chi connectivity index (χ1n) is 8.29. The van der Waals surface area contributed by atoms with E-state index in [9.17, 15) is 4.79 Å². The highest BCUT2D eigenvalue weighted by Crippen LogP contribution is 2.47. The van der Waals surface area contributed by atoms with Crippen molar-refractivity contribution in [2.45, 2.75) is 4.90 Å². The number of thioether (sulfide) groups is 1. The van der Waals surface area contributed by atoms with Gasteiger partial charge in [0.15, 0.2) is 5.09 Å². The summed E-state index contributed by atoms with van der Waals surface area (Å²) >= 11 is 1.46. The average Bonchev–Trinajstić information content (AvgIpc) is 2.69. The number of benzene rings is 3. The lowest BCUT2D eigenvalue weighted by Gasteiger charge is -2.32. The molecule has 0 fully saturated rings. The van der Waals surface area contributed by atoms with Gasteiger partial charge in [0.25, 0.3) is 6.47 Å². The van der Waals surface area contributed by atoms with Gasteiger partial charge in [-0.3, -0.25) is 4.79 Å². The summed E-state index contributed by atoms with van der Waals surface area (Å²) in [4.78, 5) is 14.4. The van der Waals surface area contributed by atoms with Crippen LogP contribution in [0.4, 0.5) is 11.4 Å². The van der Waals surface area contributed by atoms with Gasteiger partial charge in [-0.25, -0.2) is 0 Å². The van der Waals surface area contributed by atoms with Crippen LogP contribution in [0, 0.1) is 0 Å². The third kappa shape index (κ3) is 2.89. The summed E-state index contributed by atoms with van der Waals surface area (Å²) in [7, 11) is 2.05. The molecule has 4 heteroatoms. The Morgan fingerprint density at radius 2 is 1.38 bits per heavy atom. The third-order valence-electron chi connectivity index (χ3n) is 4.38. The molecular weight excluding hydrogens is 342 g/mol. The van der Waals surface area contributed by atoms with Crippen LogP contribution in [0.5, 0.6) is 0 Å². The maximum Gasteiger partial charge on any atom is 0.299 e. The van der Waals surface area contributed by atoms with Crippen molar-refractivity contribution >= 4 is 35.2 Å². The van der Waals surface area contributed by atoms with Gasteiger partial charge in [0.1, 0.15) is 0 Å². The number of hydrogen-bond acceptors (Lipinski definition) is 4. The standard InChI is InChI=1S/C22H17NO2S/c1-23-19-13-7-5-11-17(19)21(18-12-6-8-14-20(18)23)22(25-15-24)26-16-9-3-2-4-10-16/h2-15H,1H3. The van der Waals surface area contributed by atoms with E-state index in [1.165, 1.54) is 11.8 Å². The first-order chi connectivity index (χ1) is 12.8. The minimum atomic E-state index is 0.502. The van der Waals surface area contributed by atoms with Crippen LogP contribution in [0.15, 0.2) is 88.8 Å². The van der Waals surface area contributed by atoms with Crippen molar-refractivity contribution in [2.24, 2.45) is 0 Å². The lowest BCUT2D eigenvalue weighted by atomic mass is 9.91. The van der Waals surface area contributed by atoms with Crippen LogP contribution >= 0.6 is 11.8 Å². The number of hydrogen-bond donors (Lipinski definition) is 0. The Labute approximate surface area is 156 Å². The van der Waals surface area contributed by atoms with Gasteiger partial charge in [-0.05, 0) is 24.3 Å². The number of carbonyl (C=O) groups excluding carboxylic acids is 1. The quantitative estimate of drug-likeness (QED) is 0.352. The van der Waals surface area contributed by atoms with E-state index in [0.717, 1.165) is 33.0 Å². The molecule has 1 aliphatic heterocycles. The van der Waals surface area contributed by atoms with Crippen molar-refractivity contribution in [1.29, 1.82) is 0 Å². The largest absolute Gasteiger partial charge is 0.421 e.